The number of para-hydroxylation sites is 1. The van der Waals surface area contributed by atoms with E-state index in [0.717, 1.165) is 17.9 Å². The SMILES string of the molecule is CCn1c(C)cc(C(=O)OCC(=O)Nc2ccccc2)c1C. The van der Waals surface area contributed by atoms with Crippen LogP contribution in [-0.2, 0) is 16.1 Å². The Bertz CT molecular complexity index is 675. The van der Waals surface area contributed by atoms with Crippen molar-refractivity contribution in [3.8, 4) is 0 Å². The molecular weight excluding hydrogens is 280 g/mol. The summed E-state index contributed by atoms with van der Waals surface area (Å²) < 4.78 is 7.12. The Morgan fingerprint density at radius 1 is 1.18 bits per heavy atom. The molecule has 0 saturated carbocycles. The fourth-order valence-electron chi connectivity index (χ4n) is 2.42. The molecule has 1 N–H and O–H groups in total. The molecule has 0 atom stereocenters. The van der Waals surface area contributed by atoms with Crippen LogP contribution in [0.3, 0.4) is 0 Å². The minimum Gasteiger partial charge on any atom is -0.452 e. The number of anilines is 1. The first-order valence-electron chi connectivity index (χ1n) is 7.21. The topological polar surface area (TPSA) is 60.3 Å². The van der Waals surface area contributed by atoms with Crippen LogP contribution in [-0.4, -0.2) is 23.1 Å². The quantitative estimate of drug-likeness (QED) is 0.864. The third-order valence-electron chi connectivity index (χ3n) is 3.50. The molecule has 1 amide bonds. The number of aromatic nitrogens is 1. The summed E-state index contributed by atoms with van der Waals surface area (Å²) in [7, 11) is 0. The molecular formula is C17H20N2O3. The number of rotatable bonds is 5. The van der Waals surface area contributed by atoms with E-state index >= 15 is 0 Å². The normalized spacial score (nSPS) is 10.3. The molecule has 2 aromatic rings. The van der Waals surface area contributed by atoms with Gasteiger partial charge in [0.05, 0.1) is 5.56 Å². The minimum atomic E-state index is -0.476. The van der Waals surface area contributed by atoms with Crippen molar-refractivity contribution in [2.24, 2.45) is 0 Å². The molecule has 0 saturated heterocycles. The van der Waals surface area contributed by atoms with Crippen LogP contribution in [0, 0.1) is 13.8 Å². The lowest BCUT2D eigenvalue weighted by atomic mass is 10.2. The molecule has 22 heavy (non-hydrogen) atoms. The lowest BCUT2D eigenvalue weighted by molar-refractivity contribution is -0.119. The van der Waals surface area contributed by atoms with Crippen molar-refractivity contribution in [3.05, 3.63) is 53.3 Å². The number of esters is 1. The Kier molecular flexibility index (Phi) is 4.99. The Hall–Kier alpha value is -2.56. The zero-order valence-corrected chi connectivity index (χ0v) is 13.1. The average molecular weight is 300 g/mol. The number of amides is 1. The molecule has 0 bridgehead atoms. The fraction of sp³-hybridized carbons (Fsp3) is 0.294. The zero-order valence-electron chi connectivity index (χ0n) is 13.1. The van der Waals surface area contributed by atoms with Gasteiger partial charge in [0.25, 0.3) is 5.91 Å². The van der Waals surface area contributed by atoms with Crippen LogP contribution in [0.4, 0.5) is 5.69 Å². The number of carbonyl (C=O) groups is 2. The van der Waals surface area contributed by atoms with E-state index in [-0.39, 0.29) is 12.5 Å². The maximum atomic E-state index is 12.1. The number of ether oxygens (including phenoxy) is 1. The van der Waals surface area contributed by atoms with E-state index in [2.05, 4.69) is 5.32 Å². The molecule has 0 fully saturated rings. The largest absolute Gasteiger partial charge is 0.452 e. The van der Waals surface area contributed by atoms with E-state index in [1.165, 1.54) is 0 Å². The second-order valence-corrected chi connectivity index (χ2v) is 5.02. The summed E-state index contributed by atoms with van der Waals surface area (Å²) >= 11 is 0. The van der Waals surface area contributed by atoms with Crippen molar-refractivity contribution >= 4 is 17.6 Å². The standard InChI is InChI=1S/C17H20N2O3/c1-4-19-12(2)10-15(13(19)3)17(21)22-11-16(20)18-14-8-6-5-7-9-14/h5-10H,4,11H2,1-3H3,(H,18,20). The second kappa shape index (κ2) is 6.93. The maximum absolute atomic E-state index is 12.1. The predicted molar refractivity (Wildman–Crippen MR) is 84.9 cm³/mol. The van der Waals surface area contributed by atoms with E-state index in [1.54, 1.807) is 18.2 Å². The molecule has 1 aromatic heterocycles. The minimum absolute atomic E-state index is 0.302. The zero-order chi connectivity index (χ0) is 16.1. The highest BCUT2D eigenvalue weighted by Crippen LogP contribution is 2.16. The van der Waals surface area contributed by atoms with E-state index in [1.807, 2.05) is 43.5 Å². The Labute approximate surface area is 129 Å². The smallest absolute Gasteiger partial charge is 0.340 e. The van der Waals surface area contributed by atoms with Gasteiger partial charge in [0.15, 0.2) is 6.61 Å². The van der Waals surface area contributed by atoms with Gasteiger partial charge < -0.3 is 14.6 Å². The van der Waals surface area contributed by atoms with Gasteiger partial charge in [-0.15, -0.1) is 0 Å². The maximum Gasteiger partial charge on any atom is 0.340 e. The Morgan fingerprint density at radius 2 is 1.86 bits per heavy atom. The van der Waals surface area contributed by atoms with Crippen LogP contribution < -0.4 is 5.32 Å². The molecule has 0 radical (unpaired) electrons. The first-order valence-corrected chi connectivity index (χ1v) is 7.21. The Balaban J connectivity index is 1.94. The lowest BCUT2D eigenvalue weighted by Crippen LogP contribution is -2.21. The van der Waals surface area contributed by atoms with Crippen LogP contribution in [0.2, 0.25) is 0 Å². The first-order chi connectivity index (χ1) is 10.5. The van der Waals surface area contributed by atoms with Gasteiger partial charge in [-0.25, -0.2) is 4.79 Å². The third kappa shape index (κ3) is 3.55. The van der Waals surface area contributed by atoms with Gasteiger partial charge in [-0.3, -0.25) is 4.79 Å². The number of hydrogen-bond acceptors (Lipinski definition) is 3. The van der Waals surface area contributed by atoms with Crippen LogP contribution in [0.5, 0.6) is 0 Å². The molecule has 1 aromatic carbocycles. The van der Waals surface area contributed by atoms with E-state index in [4.69, 9.17) is 4.74 Å². The molecule has 116 valence electrons. The first kappa shape index (κ1) is 15.8. The van der Waals surface area contributed by atoms with E-state index < -0.39 is 5.97 Å². The van der Waals surface area contributed by atoms with Gasteiger partial charge in [0.1, 0.15) is 0 Å². The second-order valence-electron chi connectivity index (χ2n) is 5.02. The summed E-state index contributed by atoms with van der Waals surface area (Å²) in [5.74, 6) is -0.833. The van der Waals surface area contributed by atoms with Crippen molar-refractivity contribution in [2.75, 3.05) is 11.9 Å². The molecule has 2 rings (SSSR count). The fourth-order valence-corrected chi connectivity index (χ4v) is 2.42. The highest BCUT2D eigenvalue weighted by Gasteiger charge is 2.17. The molecule has 0 aliphatic rings. The van der Waals surface area contributed by atoms with Crippen molar-refractivity contribution in [1.29, 1.82) is 0 Å². The molecule has 0 unspecified atom stereocenters. The van der Waals surface area contributed by atoms with Gasteiger partial charge in [0, 0.05) is 23.6 Å². The number of nitrogens with one attached hydrogen (secondary N) is 1. The summed E-state index contributed by atoms with van der Waals surface area (Å²) in [5, 5.41) is 2.67. The van der Waals surface area contributed by atoms with Crippen LogP contribution in [0.25, 0.3) is 0 Å². The van der Waals surface area contributed by atoms with Crippen LogP contribution >= 0.6 is 0 Å². The summed E-state index contributed by atoms with van der Waals surface area (Å²) in [5.41, 5.74) is 3.04. The predicted octanol–water partition coefficient (Wildman–Crippen LogP) is 2.92. The van der Waals surface area contributed by atoms with Crippen molar-refractivity contribution < 1.29 is 14.3 Å². The summed E-state index contributed by atoms with van der Waals surface area (Å²) in [4.78, 5) is 23.9. The van der Waals surface area contributed by atoms with E-state index in [0.29, 0.717) is 11.3 Å². The number of hydrogen-bond donors (Lipinski definition) is 1. The van der Waals surface area contributed by atoms with Crippen molar-refractivity contribution in [2.45, 2.75) is 27.3 Å². The van der Waals surface area contributed by atoms with Crippen LogP contribution in [0.1, 0.15) is 28.7 Å². The molecule has 0 aliphatic heterocycles. The molecule has 0 spiro atoms. The number of benzene rings is 1. The van der Waals surface area contributed by atoms with Gasteiger partial charge in [-0.1, -0.05) is 18.2 Å². The monoisotopic (exact) mass is 300 g/mol. The van der Waals surface area contributed by atoms with Crippen LogP contribution in [0.15, 0.2) is 36.4 Å². The van der Waals surface area contributed by atoms with Gasteiger partial charge in [-0.2, -0.15) is 0 Å². The molecule has 1 heterocycles. The lowest BCUT2D eigenvalue weighted by Gasteiger charge is -2.07. The molecule has 5 heteroatoms. The Morgan fingerprint density at radius 3 is 2.45 bits per heavy atom. The average Bonchev–Trinajstić information content (AvgIpc) is 2.80. The summed E-state index contributed by atoms with van der Waals surface area (Å²) in [6.45, 7) is 6.32. The molecule has 5 nitrogen and oxygen atoms in total. The highest BCUT2D eigenvalue weighted by atomic mass is 16.5. The number of carbonyl (C=O) groups excluding carboxylic acids is 2. The summed E-state index contributed by atoms with van der Waals surface area (Å²) in [6.07, 6.45) is 0. The number of nitrogens with zero attached hydrogens (tertiary/aromatic N) is 1. The number of aryl methyl sites for hydroxylation is 1. The van der Waals surface area contributed by atoms with Gasteiger partial charge in [-0.05, 0) is 39.0 Å². The van der Waals surface area contributed by atoms with Gasteiger partial charge in [0.2, 0.25) is 0 Å². The van der Waals surface area contributed by atoms with Gasteiger partial charge >= 0.3 is 5.97 Å². The third-order valence-corrected chi connectivity index (χ3v) is 3.50. The van der Waals surface area contributed by atoms with Crippen molar-refractivity contribution in [1.82, 2.24) is 4.57 Å². The van der Waals surface area contributed by atoms with E-state index in [9.17, 15) is 9.59 Å². The summed E-state index contributed by atoms with van der Waals surface area (Å²) in [6, 6.07) is 10.8. The van der Waals surface area contributed by atoms with Crippen molar-refractivity contribution in [3.63, 3.8) is 0 Å². The highest BCUT2D eigenvalue weighted by molar-refractivity contribution is 5.96. The molecule has 0 aliphatic carbocycles.